The maximum atomic E-state index is 11.7. The van der Waals surface area contributed by atoms with E-state index in [1.165, 1.54) is 5.56 Å². The number of nitrogens with two attached hydrogens (primary N) is 1. The van der Waals surface area contributed by atoms with Gasteiger partial charge < -0.3 is 20.5 Å². The minimum absolute atomic E-state index is 0.246. The first-order chi connectivity index (χ1) is 8.16. The van der Waals surface area contributed by atoms with Crippen LogP contribution in [0.2, 0.25) is 0 Å². The molecule has 1 atom stereocenters. The SMILES string of the molecule is O=C([O-])CNC(=O)[C@@H]1Cc2ccccc2C[NH2+]1. The number of hydrogen-bond donors (Lipinski definition) is 2. The van der Waals surface area contributed by atoms with E-state index in [0.29, 0.717) is 6.42 Å². The van der Waals surface area contributed by atoms with Crippen LogP contribution in [-0.4, -0.2) is 24.5 Å². The van der Waals surface area contributed by atoms with Crippen LogP contribution in [-0.2, 0) is 22.6 Å². The highest BCUT2D eigenvalue weighted by Gasteiger charge is 2.27. The van der Waals surface area contributed by atoms with E-state index in [1.807, 2.05) is 29.6 Å². The number of carbonyl (C=O) groups excluding carboxylic acids is 2. The summed E-state index contributed by atoms with van der Waals surface area (Å²) in [5, 5.41) is 14.5. The molecular weight excluding hydrogens is 220 g/mol. The number of carboxylic acid groups (broad SMARTS) is 1. The molecule has 0 saturated heterocycles. The van der Waals surface area contributed by atoms with Crippen molar-refractivity contribution in [3.8, 4) is 0 Å². The lowest BCUT2D eigenvalue weighted by molar-refractivity contribution is -0.695. The third kappa shape index (κ3) is 2.82. The first-order valence-corrected chi connectivity index (χ1v) is 5.54. The molecule has 90 valence electrons. The topological polar surface area (TPSA) is 85.8 Å². The molecule has 17 heavy (non-hydrogen) atoms. The predicted molar refractivity (Wildman–Crippen MR) is 57.6 cm³/mol. The number of benzene rings is 1. The zero-order chi connectivity index (χ0) is 12.3. The third-order valence-electron chi connectivity index (χ3n) is 2.92. The van der Waals surface area contributed by atoms with Gasteiger partial charge in [0.2, 0.25) is 0 Å². The number of amides is 1. The number of hydrogen-bond acceptors (Lipinski definition) is 3. The van der Waals surface area contributed by atoms with Crippen LogP contribution in [0.5, 0.6) is 0 Å². The summed E-state index contributed by atoms with van der Waals surface area (Å²) in [6, 6.07) is 7.72. The number of nitrogens with one attached hydrogen (secondary N) is 1. The van der Waals surface area contributed by atoms with Gasteiger partial charge in [-0.05, 0) is 5.56 Å². The van der Waals surface area contributed by atoms with Crippen molar-refractivity contribution in [2.24, 2.45) is 0 Å². The summed E-state index contributed by atoms with van der Waals surface area (Å²) in [7, 11) is 0. The molecule has 0 aromatic heterocycles. The average molecular weight is 234 g/mol. The zero-order valence-corrected chi connectivity index (χ0v) is 9.31. The first kappa shape index (κ1) is 11.6. The van der Waals surface area contributed by atoms with Gasteiger partial charge >= 0.3 is 0 Å². The van der Waals surface area contributed by atoms with E-state index < -0.39 is 12.5 Å². The van der Waals surface area contributed by atoms with Crippen molar-refractivity contribution < 1.29 is 20.0 Å². The molecule has 0 aliphatic carbocycles. The lowest BCUT2D eigenvalue weighted by Gasteiger charge is -2.22. The normalized spacial score (nSPS) is 18.2. The monoisotopic (exact) mass is 234 g/mol. The number of carboxylic acids is 1. The Kier molecular flexibility index (Phi) is 3.39. The number of rotatable bonds is 3. The van der Waals surface area contributed by atoms with Gasteiger partial charge in [0.15, 0.2) is 6.04 Å². The summed E-state index contributed by atoms with van der Waals surface area (Å²) in [5.41, 5.74) is 2.39. The largest absolute Gasteiger partial charge is 0.548 e. The fraction of sp³-hybridized carbons (Fsp3) is 0.333. The molecule has 1 aromatic rings. The summed E-state index contributed by atoms with van der Waals surface area (Å²) in [5.74, 6) is -1.52. The van der Waals surface area contributed by atoms with E-state index in [9.17, 15) is 14.7 Å². The molecule has 0 saturated carbocycles. The van der Waals surface area contributed by atoms with E-state index in [2.05, 4.69) is 5.32 Å². The van der Waals surface area contributed by atoms with Gasteiger partial charge in [0, 0.05) is 12.0 Å². The van der Waals surface area contributed by atoms with Crippen molar-refractivity contribution in [1.29, 1.82) is 0 Å². The van der Waals surface area contributed by atoms with Gasteiger partial charge in [-0.2, -0.15) is 0 Å². The molecule has 1 heterocycles. The third-order valence-corrected chi connectivity index (χ3v) is 2.92. The van der Waals surface area contributed by atoms with Gasteiger partial charge in [-0.15, -0.1) is 0 Å². The second-order valence-electron chi connectivity index (χ2n) is 4.11. The van der Waals surface area contributed by atoms with Crippen LogP contribution in [0.15, 0.2) is 24.3 Å². The molecule has 1 aliphatic heterocycles. The van der Waals surface area contributed by atoms with Gasteiger partial charge in [-0.3, -0.25) is 4.79 Å². The maximum Gasteiger partial charge on any atom is 0.278 e. The van der Waals surface area contributed by atoms with E-state index in [-0.39, 0.29) is 11.9 Å². The standard InChI is InChI=1S/C12H14N2O3/c15-11(16)7-14-12(17)10-5-8-3-1-2-4-9(8)6-13-10/h1-4,10,13H,5-7H2,(H,14,17)(H,15,16)/t10-/m0/s1. The summed E-state index contributed by atoms with van der Waals surface area (Å²) in [4.78, 5) is 21.9. The van der Waals surface area contributed by atoms with Crippen LogP contribution in [0.4, 0.5) is 0 Å². The van der Waals surface area contributed by atoms with Crippen molar-refractivity contribution in [3.63, 3.8) is 0 Å². The van der Waals surface area contributed by atoms with Crippen LogP contribution in [0, 0.1) is 0 Å². The van der Waals surface area contributed by atoms with Crippen molar-refractivity contribution >= 4 is 11.9 Å². The van der Waals surface area contributed by atoms with Gasteiger partial charge in [0.05, 0.1) is 12.5 Å². The fourth-order valence-electron chi connectivity index (χ4n) is 2.04. The second-order valence-corrected chi connectivity index (χ2v) is 4.11. The molecule has 1 amide bonds. The molecule has 1 aliphatic rings. The van der Waals surface area contributed by atoms with Crippen LogP contribution in [0.3, 0.4) is 0 Å². The first-order valence-electron chi connectivity index (χ1n) is 5.54. The Morgan fingerprint density at radius 2 is 2.06 bits per heavy atom. The van der Waals surface area contributed by atoms with Crippen molar-refractivity contribution in [3.05, 3.63) is 35.4 Å². The molecule has 5 nitrogen and oxygen atoms in total. The molecule has 0 unspecified atom stereocenters. The van der Waals surface area contributed by atoms with Crippen molar-refractivity contribution in [1.82, 2.24) is 5.32 Å². The van der Waals surface area contributed by atoms with Gasteiger partial charge in [-0.1, -0.05) is 24.3 Å². The van der Waals surface area contributed by atoms with Crippen LogP contribution in [0.1, 0.15) is 11.1 Å². The van der Waals surface area contributed by atoms with Gasteiger partial charge in [0.1, 0.15) is 6.54 Å². The van der Waals surface area contributed by atoms with E-state index >= 15 is 0 Å². The van der Waals surface area contributed by atoms with E-state index in [4.69, 9.17) is 0 Å². The second kappa shape index (κ2) is 4.97. The summed E-state index contributed by atoms with van der Waals surface area (Å²) >= 11 is 0. The minimum atomic E-state index is -1.27. The molecule has 5 heteroatoms. The number of quaternary nitrogens is 1. The van der Waals surface area contributed by atoms with Crippen LogP contribution >= 0.6 is 0 Å². The lowest BCUT2D eigenvalue weighted by Crippen LogP contribution is -2.93. The smallest absolute Gasteiger partial charge is 0.278 e. The molecule has 0 fully saturated rings. The van der Waals surface area contributed by atoms with Gasteiger partial charge in [0.25, 0.3) is 5.91 Å². The molecule has 2 rings (SSSR count). The fourth-order valence-corrected chi connectivity index (χ4v) is 2.04. The van der Waals surface area contributed by atoms with E-state index in [1.54, 1.807) is 0 Å². The summed E-state index contributed by atoms with van der Waals surface area (Å²) < 4.78 is 0. The Morgan fingerprint density at radius 3 is 2.76 bits per heavy atom. The van der Waals surface area contributed by atoms with Gasteiger partial charge in [-0.25, -0.2) is 0 Å². The quantitative estimate of drug-likeness (QED) is 0.608. The Balaban J connectivity index is 1.97. The Labute approximate surface area is 98.8 Å². The van der Waals surface area contributed by atoms with Crippen LogP contribution in [0.25, 0.3) is 0 Å². The predicted octanol–water partition coefficient (Wildman–Crippen LogP) is -2.46. The van der Waals surface area contributed by atoms with Crippen molar-refractivity contribution in [2.75, 3.05) is 6.54 Å². The number of fused-ring (bicyclic) bond motifs is 1. The van der Waals surface area contributed by atoms with Crippen molar-refractivity contribution in [2.45, 2.75) is 19.0 Å². The summed E-state index contributed by atoms with van der Waals surface area (Å²) in [6.07, 6.45) is 0.634. The Hall–Kier alpha value is -1.88. The van der Waals surface area contributed by atoms with E-state index in [0.717, 1.165) is 12.1 Å². The molecular formula is C12H14N2O3. The Bertz CT molecular complexity index is 445. The lowest BCUT2D eigenvalue weighted by atomic mass is 9.95. The van der Waals surface area contributed by atoms with Crippen LogP contribution < -0.4 is 15.7 Å². The number of carbonyl (C=O) groups is 2. The Morgan fingerprint density at radius 1 is 1.35 bits per heavy atom. The number of aliphatic carboxylic acids is 1. The maximum absolute atomic E-state index is 11.7. The average Bonchev–Trinajstić information content (AvgIpc) is 2.35. The highest BCUT2D eigenvalue weighted by molar-refractivity contribution is 5.84. The molecule has 0 bridgehead atoms. The summed E-state index contributed by atoms with van der Waals surface area (Å²) in [6.45, 7) is 0.324. The molecule has 0 spiro atoms. The minimum Gasteiger partial charge on any atom is -0.548 e. The molecule has 0 radical (unpaired) electrons. The molecule has 3 N–H and O–H groups in total. The highest BCUT2D eigenvalue weighted by Crippen LogP contribution is 2.12. The zero-order valence-electron chi connectivity index (χ0n) is 9.31. The highest BCUT2D eigenvalue weighted by atomic mass is 16.4. The molecule has 1 aromatic carbocycles.